The highest BCUT2D eigenvalue weighted by Crippen LogP contribution is 2.24. The molecule has 4 aromatic rings. The summed E-state index contributed by atoms with van der Waals surface area (Å²) >= 11 is 0. The topological polar surface area (TPSA) is 52.6 Å². The van der Waals surface area contributed by atoms with E-state index in [1.807, 2.05) is 49.4 Å². The Hall–Kier alpha value is -2.82. The zero-order valence-corrected chi connectivity index (χ0v) is 14.0. The molecule has 5 nitrogen and oxygen atoms in total. The number of hydrogen-bond donors (Lipinski definition) is 0. The van der Waals surface area contributed by atoms with Gasteiger partial charge in [-0.25, -0.2) is 4.98 Å². The fraction of sp³-hybridized carbons (Fsp3) is 0.263. The second-order valence-corrected chi connectivity index (χ2v) is 6.27. The summed E-state index contributed by atoms with van der Waals surface area (Å²) in [5, 5.41) is 5.54. The second-order valence-electron chi connectivity index (χ2n) is 6.27. The van der Waals surface area contributed by atoms with E-state index in [9.17, 15) is 0 Å². The molecule has 1 aromatic carbocycles. The van der Waals surface area contributed by atoms with Crippen LogP contribution in [0.4, 0.5) is 0 Å². The van der Waals surface area contributed by atoms with Crippen LogP contribution in [-0.4, -0.2) is 14.6 Å². The molecule has 4 rings (SSSR count). The van der Waals surface area contributed by atoms with Gasteiger partial charge in [-0.2, -0.15) is 9.61 Å². The van der Waals surface area contributed by atoms with Gasteiger partial charge in [0.1, 0.15) is 18.0 Å². The third-order valence-electron chi connectivity index (χ3n) is 3.97. The Morgan fingerprint density at radius 1 is 1.17 bits per heavy atom. The molecule has 0 saturated heterocycles. The van der Waals surface area contributed by atoms with Gasteiger partial charge in [-0.05, 0) is 25.0 Å². The molecule has 0 radical (unpaired) electrons. The molecule has 0 N–H and O–H groups in total. The van der Waals surface area contributed by atoms with Crippen molar-refractivity contribution < 1.29 is 9.15 Å². The van der Waals surface area contributed by atoms with Crippen LogP contribution in [0, 0.1) is 6.92 Å². The van der Waals surface area contributed by atoms with Crippen LogP contribution >= 0.6 is 0 Å². The molecule has 0 aliphatic carbocycles. The lowest BCUT2D eigenvalue weighted by molar-refractivity contribution is 0.257. The highest BCUT2D eigenvalue weighted by molar-refractivity contribution is 5.77. The van der Waals surface area contributed by atoms with Crippen molar-refractivity contribution in [2.24, 2.45) is 0 Å². The first-order chi connectivity index (χ1) is 11.6. The minimum Gasteiger partial charge on any atom is -0.469 e. The van der Waals surface area contributed by atoms with E-state index in [4.69, 9.17) is 9.15 Å². The molecule has 0 spiro atoms. The number of benzene rings is 1. The van der Waals surface area contributed by atoms with E-state index in [0.717, 1.165) is 33.8 Å². The monoisotopic (exact) mass is 321 g/mol. The number of nitrogens with zero attached hydrogens (tertiary/aromatic N) is 3. The summed E-state index contributed by atoms with van der Waals surface area (Å²) in [6.07, 6.45) is 0. The summed E-state index contributed by atoms with van der Waals surface area (Å²) in [7, 11) is 0. The lowest BCUT2D eigenvalue weighted by atomic mass is 10.1. The molecule has 0 atom stereocenters. The minimum atomic E-state index is 0.318. The number of rotatable bonds is 4. The van der Waals surface area contributed by atoms with Gasteiger partial charge in [-0.1, -0.05) is 32.0 Å². The van der Waals surface area contributed by atoms with Gasteiger partial charge < -0.3 is 9.15 Å². The first kappa shape index (κ1) is 14.8. The van der Waals surface area contributed by atoms with E-state index in [-0.39, 0.29) is 0 Å². The Labute approximate surface area is 139 Å². The largest absolute Gasteiger partial charge is 0.469 e. The summed E-state index contributed by atoms with van der Waals surface area (Å²) in [6.45, 7) is 6.53. The number of furan rings is 1. The maximum absolute atomic E-state index is 6.01. The SMILES string of the molecule is Cc1cc2nc(C(C)C)cc(OCc3cc4ccccc4o3)n2n1. The summed E-state index contributed by atoms with van der Waals surface area (Å²) in [5.41, 5.74) is 3.58. The Kier molecular flexibility index (Phi) is 3.49. The van der Waals surface area contributed by atoms with E-state index in [1.54, 1.807) is 4.52 Å². The van der Waals surface area contributed by atoms with Gasteiger partial charge >= 0.3 is 0 Å². The third kappa shape index (κ3) is 2.62. The lowest BCUT2D eigenvalue weighted by Gasteiger charge is -2.10. The van der Waals surface area contributed by atoms with Crippen LogP contribution in [0.15, 0.2) is 46.9 Å². The highest BCUT2D eigenvalue weighted by Gasteiger charge is 2.12. The summed E-state index contributed by atoms with van der Waals surface area (Å²) in [6, 6.07) is 13.9. The van der Waals surface area contributed by atoms with Gasteiger partial charge in [0.15, 0.2) is 5.65 Å². The first-order valence-electron chi connectivity index (χ1n) is 8.08. The smallest absolute Gasteiger partial charge is 0.218 e. The Morgan fingerprint density at radius 2 is 2.00 bits per heavy atom. The summed E-state index contributed by atoms with van der Waals surface area (Å²) in [5.74, 6) is 1.78. The van der Waals surface area contributed by atoms with Crippen molar-refractivity contribution in [3.63, 3.8) is 0 Å². The van der Waals surface area contributed by atoms with Gasteiger partial charge in [0, 0.05) is 17.5 Å². The fourth-order valence-corrected chi connectivity index (χ4v) is 2.73. The van der Waals surface area contributed by atoms with Crippen LogP contribution in [0.2, 0.25) is 0 Å². The minimum absolute atomic E-state index is 0.318. The normalized spacial score (nSPS) is 11.7. The predicted octanol–water partition coefficient (Wildman–Crippen LogP) is 4.49. The number of para-hydroxylation sites is 1. The average Bonchev–Trinajstić information content (AvgIpc) is 3.13. The molecule has 0 aliphatic rings. The first-order valence-corrected chi connectivity index (χ1v) is 8.08. The molecule has 0 amide bonds. The van der Waals surface area contributed by atoms with Crippen molar-refractivity contribution in [2.45, 2.75) is 33.3 Å². The maximum atomic E-state index is 6.01. The number of fused-ring (bicyclic) bond motifs is 2. The van der Waals surface area contributed by atoms with Crippen LogP contribution in [0.3, 0.4) is 0 Å². The Bertz CT molecular complexity index is 981. The molecule has 3 aromatic heterocycles. The van der Waals surface area contributed by atoms with E-state index >= 15 is 0 Å². The highest BCUT2D eigenvalue weighted by atomic mass is 16.5. The molecule has 24 heavy (non-hydrogen) atoms. The number of aryl methyl sites for hydroxylation is 1. The Morgan fingerprint density at radius 3 is 2.79 bits per heavy atom. The molecular formula is C19H19N3O2. The van der Waals surface area contributed by atoms with Crippen LogP contribution in [-0.2, 0) is 6.61 Å². The van der Waals surface area contributed by atoms with Crippen molar-refractivity contribution in [3.8, 4) is 5.88 Å². The van der Waals surface area contributed by atoms with E-state index in [0.29, 0.717) is 18.4 Å². The molecule has 122 valence electrons. The van der Waals surface area contributed by atoms with Crippen LogP contribution in [0.1, 0.15) is 36.9 Å². The Balaban J connectivity index is 1.67. The van der Waals surface area contributed by atoms with Crippen molar-refractivity contribution in [1.82, 2.24) is 14.6 Å². The van der Waals surface area contributed by atoms with Gasteiger partial charge in [0.2, 0.25) is 5.88 Å². The molecule has 5 heteroatoms. The van der Waals surface area contributed by atoms with Gasteiger partial charge in [0.25, 0.3) is 0 Å². The zero-order chi connectivity index (χ0) is 16.7. The van der Waals surface area contributed by atoms with Crippen LogP contribution in [0.25, 0.3) is 16.6 Å². The number of aromatic nitrogens is 3. The number of ether oxygens (including phenoxy) is 1. The lowest BCUT2D eigenvalue weighted by Crippen LogP contribution is -2.05. The molecule has 0 saturated carbocycles. The third-order valence-corrected chi connectivity index (χ3v) is 3.97. The van der Waals surface area contributed by atoms with E-state index in [1.165, 1.54) is 0 Å². The maximum Gasteiger partial charge on any atom is 0.218 e. The molecule has 0 bridgehead atoms. The average molecular weight is 321 g/mol. The molecule has 0 aliphatic heterocycles. The standard InChI is InChI=1S/C19H19N3O2/c1-12(2)16-10-19(22-18(20-16)8-13(3)21-22)23-11-15-9-14-6-4-5-7-17(14)24-15/h4-10,12H,11H2,1-3H3. The van der Waals surface area contributed by atoms with Crippen LogP contribution < -0.4 is 4.74 Å². The summed E-state index contributed by atoms with van der Waals surface area (Å²) < 4.78 is 13.6. The van der Waals surface area contributed by atoms with Crippen molar-refractivity contribution in [1.29, 1.82) is 0 Å². The second kappa shape index (κ2) is 5.67. The van der Waals surface area contributed by atoms with Gasteiger partial charge in [0.05, 0.1) is 11.4 Å². The van der Waals surface area contributed by atoms with Crippen molar-refractivity contribution in [3.05, 3.63) is 59.6 Å². The van der Waals surface area contributed by atoms with Crippen molar-refractivity contribution in [2.75, 3.05) is 0 Å². The zero-order valence-electron chi connectivity index (χ0n) is 14.0. The fourth-order valence-electron chi connectivity index (χ4n) is 2.73. The van der Waals surface area contributed by atoms with Gasteiger partial charge in [-0.15, -0.1) is 0 Å². The summed E-state index contributed by atoms with van der Waals surface area (Å²) in [4.78, 5) is 4.64. The molecule has 3 heterocycles. The molecule has 0 unspecified atom stereocenters. The van der Waals surface area contributed by atoms with E-state index in [2.05, 4.69) is 23.9 Å². The number of hydrogen-bond acceptors (Lipinski definition) is 4. The van der Waals surface area contributed by atoms with Gasteiger partial charge in [-0.3, -0.25) is 0 Å². The molecule has 0 fully saturated rings. The van der Waals surface area contributed by atoms with Crippen molar-refractivity contribution >= 4 is 16.6 Å². The molecular weight excluding hydrogens is 302 g/mol. The predicted molar refractivity (Wildman–Crippen MR) is 92.4 cm³/mol. The van der Waals surface area contributed by atoms with E-state index < -0.39 is 0 Å². The quantitative estimate of drug-likeness (QED) is 0.556. The van der Waals surface area contributed by atoms with Crippen LogP contribution in [0.5, 0.6) is 5.88 Å².